The van der Waals surface area contributed by atoms with E-state index < -0.39 is 0 Å². The Kier molecular flexibility index (Phi) is 2.71. The molecule has 1 heterocycles. The van der Waals surface area contributed by atoms with Crippen LogP contribution in [0.15, 0.2) is 30.3 Å². The van der Waals surface area contributed by atoms with Crippen molar-refractivity contribution < 1.29 is 5.11 Å². The molecule has 1 aromatic carbocycles. The van der Waals surface area contributed by atoms with Crippen molar-refractivity contribution in [2.24, 2.45) is 0 Å². The zero-order valence-corrected chi connectivity index (χ0v) is 8.18. The lowest BCUT2D eigenvalue weighted by Crippen LogP contribution is -1.87. The topological polar surface area (TPSA) is 20.2 Å². The summed E-state index contributed by atoms with van der Waals surface area (Å²) >= 11 is 1.94. The van der Waals surface area contributed by atoms with Crippen molar-refractivity contribution in [2.45, 2.75) is 6.61 Å². The van der Waals surface area contributed by atoms with Gasteiger partial charge in [0.2, 0.25) is 0 Å². The van der Waals surface area contributed by atoms with E-state index in [4.69, 9.17) is 5.11 Å². The summed E-state index contributed by atoms with van der Waals surface area (Å²) in [5.74, 6) is 2.23. The van der Waals surface area contributed by atoms with E-state index in [1.165, 1.54) is 11.1 Å². The van der Waals surface area contributed by atoms with Gasteiger partial charge in [0.05, 0.1) is 6.61 Å². The summed E-state index contributed by atoms with van der Waals surface area (Å²) < 4.78 is 0. The lowest BCUT2D eigenvalue weighted by molar-refractivity contribution is 0.282. The molecule has 68 valence electrons. The fourth-order valence-electron chi connectivity index (χ4n) is 1.46. The van der Waals surface area contributed by atoms with Crippen molar-refractivity contribution in [1.29, 1.82) is 0 Å². The molecule has 1 N–H and O–H groups in total. The van der Waals surface area contributed by atoms with Crippen molar-refractivity contribution in [3.63, 3.8) is 0 Å². The quantitative estimate of drug-likeness (QED) is 0.776. The van der Waals surface area contributed by atoms with Crippen LogP contribution in [0.3, 0.4) is 0 Å². The van der Waals surface area contributed by atoms with Gasteiger partial charge in [-0.05, 0) is 22.8 Å². The molecule has 0 bridgehead atoms. The van der Waals surface area contributed by atoms with E-state index >= 15 is 0 Å². The molecule has 2 heteroatoms. The summed E-state index contributed by atoms with van der Waals surface area (Å²) in [6.07, 6.45) is 2.27. The number of aliphatic hydroxyl groups excluding tert-OH is 1. The molecular formula is C11H12OS. The van der Waals surface area contributed by atoms with Crippen molar-refractivity contribution in [2.75, 3.05) is 11.5 Å². The van der Waals surface area contributed by atoms with E-state index in [0.29, 0.717) is 0 Å². The summed E-state index contributed by atoms with van der Waals surface area (Å²) in [6.45, 7) is 0.133. The minimum absolute atomic E-state index is 0.133. The van der Waals surface area contributed by atoms with Gasteiger partial charge >= 0.3 is 0 Å². The minimum atomic E-state index is 0.133. The first-order chi connectivity index (χ1) is 6.40. The van der Waals surface area contributed by atoms with Crippen LogP contribution >= 0.6 is 11.8 Å². The Hall–Kier alpha value is -0.730. The molecule has 1 aliphatic rings. The fraction of sp³-hybridized carbons (Fsp3) is 0.273. The van der Waals surface area contributed by atoms with E-state index in [0.717, 1.165) is 17.1 Å². The number of rotatable bonds is 2. The van der Waals surface area contributed by atoms with Crippen LogP contribution in [0.5, 0.6) is 0 Å². The Morgan fingerprint density at radius 2 is 2.31 bits per heavy atom. The van der Waals surface area contributed by atoms with E-state index in [9.17, 15) is 0 Å². The third-order valence-corrected chi connectivity index (χ3v) is 3.10. The van der Waals surface area contributed by atoms with Crippen molar-refractivity contribution in [3.05, 3.63) is 41.5 Å². The highest BCUT2D eigenvalue weighted by molar-refractivity contribution is 8.00. The SMILES string of the molecule is OCc1cccc(C2=CCSC2)c1. The molecule has 0 spiro atoms. The number of benzene rings is 1. The van der Waals surface area contributed by atoms with Crippen LogP contribution in [0, 0.1) is 0 Å². The Bertz CT molecular complexity index is 331. The molecule has 13 heavy (non-hydrogen) atoms. The Balaban J connectivity index is 2.29. The first kappa shape index (κ1) is 8.85. The van der Waals surface area contributed by atoms with Gasteiger partial charge in [-0.3, -0.25) is 0 Å². The fourth-order valence-corrected chi connectivity index (χ4v) is 2.40. The maximum absolute atomic E-state index is 8.98. The van der Waals surface area contributed by atoms with Gasteiger partial charge in [0.1, 0.15) is 0 Å². The normalized spacial score (nSPS) is 15.9. The van der Waals surface area contributed by atoms with Crippen LogP contribution in [0.4, 0.5) is 0 Å². The smallest absolute Gasteiger partial charge is 0.0682 e. The minimum Gasteiger partial charge on any atom is -0.392 e. The second-order valence-corrected chi connectivity index (χ2v) is 4.13. The Labute approximate surface area is 82.5 Å². The van der Waals surface area contributed by atoms with E-state index in [1.807, 2.05) is 23.9 Å². The highest BCUT2D eigenvalue weighted by Crippen LogP contribution is 2.26. The second-order valence-electron chi connectivity index (χ2n) is 3.10. The predicted molar refractivity (Wildman–Crippen MR) is 57.7 cm³/mol. The summed E-state index contributed by atoms with van der Waals surface area (Å²) in [5.41, 5.74) is 3.66. The van der Waals surface area contributed by atoms with Crippen LogP contribution in [0.25, 0.3) is 5.57 Å². The molecule has 0 radical (unpaired) electrons. The van der Waals surface area contributed by atoms with Gasteiger partial charge < -0.3 is 5.11 Å². The third kappa shape index (κ3) is 1.95. The maximum Gasteiger partial charge on any atom is 0.0682 e. The lowest BCUT2D eigenvalue weighted by atomic mass is 10.0. The maximum atomic E-state index is 8.98. The molecule has 0 saturated carbocycles. The molecule has 1 aromatic rings. The number of hydrogen-bond acceptors (Lipinski definition) is 2. The highest BCUT2D eigenvalue weighted by Gasteiger charge is 2.07. The van der Waals surface area contributed by atoms with Gasteiger partial charge in [-0.25, -0.2) is 0 Å². The van der Waals surface area contributed by atoms with Gasteiger partial charge in [0.15, 0.2) is 0 Å². The highest BCUT2D eigenvalue weighted by atomic mass is 32.2. The summed E-state index contributed by atoms with van der Waals surface area (Å²) in [5, 5.41) is 8.98. The molecule has 0 amide bonds. The standard InChI is InChI=1S/C11H12OS/c12-7-9-2-1-3-10(6-9)11-4-5-13-8-11/h1-4,6,12H,5,7-8H2. The van der Waals surface area contributed by atoms with E-state index in [1.54, 1.807) is 0 Å². The second kappa shape index (κ2) is 3.99. The van der Waals surface area contributed by atoms with Crippen molar-refractivity contribution >= 4 is 17.3 Å². The average molecular weight is 192 g/mol. The van der Waals surface area contributed by atoms with Crippen molar-refractivity contribution in [3.8, 4) is 0 Å². The molecule has 1 nitrogen and oxygen atoms in total. The first-order valence-electron chi connectivity index (χ1n) is 4.37. The van der Waals surface area contributed by atoms with Gasteiger partial charge in [-0.1, -0.05) is 24.3 Å². The molecular weight excluding hydrogens is 180 g/mol. The third-order valence-electron chi connectivity index (χ3n) is 2.19. The summed E-state index contributed by atoms with van der Waals surface area (Å²) in [7, 11) is 0. The molecule has 1 aliphatic heterocycles. The van der Waals surface area contributed by atoms with E-state index in [-0.39, 0.29) is 6.61 Å². The van der Waals surface area contributed by atoms with Gasteiger partial charge in [-0.15, -0.1) is 0 Å². The van der Waals surface area contributed by atoms with Crippen LogP contribution in [0.1, 0.15) is 11.1 Å². The molecule has 0 saturated heterocycles. The largest absolute Gasteiger partial charge is 0.392 e. The first-order valence-corrected chi connectivity index (χ1v) is 5.52. The lowest BCUT2D eigenvalue weighted by Gasteiger charge is -2.03. The molecule has 0 fully saturated rings. The van der Waals surface area contributed by atoms with Gasteiger partial charge in [0.25, 0.3) is 0 Å². The number of thioether (sulfide) groups is 1. The van der Waals surface area contributed by atoms with Gasteiger partial charge in [0, 0.05) is 11.5 Å². The van der Waals surface area contributed by atoms with Crippen LogP contribution < -0.4 is 0 Å². The van der Waals surface area contributed by atoms with Crippen LogP contribution in [-0.4, -0.2) is 16.6 Å². The average Bonchev–Trinajstić information content (AvgIpc) is 2.71. The zero-order valence-electron chi connectivity index (χ0n) is 7.36. The molecule has 0 atom stereocenters. The summed E-state index contributed by atoms with van der Waals surface area (Å²) in [6, 6.07) is 8.13. The molecule has 2 rings (SSSR count). The Morgan fingerprint density at radius 1 is 1.38 bits per heavy atom. The molecule has 0 aromatic heterocycles. The Morgan fingerprint density at radius 3 is 3.00 bits per heavy atom. The van der Waals surface area contributed by atoms with Crippen molar-refractivity contribution in [1.82, 2.24) is 0 Å². The molecule has 0 aliphatic carbocycles. The monoisotopic (exact) mass is 192 g/mol. The number of aliphatic hydroxyl groups is 1. The van der Waals surface area contributed by atoms with E-state index in [2.05, 4.69) is 18.2 Å². The van der Waals surface area contributed by atoms with Gasteiger partial charge in [-0.2, -0.15) is 11.8 Å². The summed E-state index contributed by atoms with van der Waals surface area (Å²) in [4.78, 5) is 0. The zero-order chi connectivity index (χ0) is 9.10. The molecule has 0 unspecified atom stereocenters. The number of hydrogen-bond donors (Lipinski definition) is 1. The van der Waals surface area contributed by atoms with Crippen LogP contribution in [0.2, 0.25) is 0 Å². The van der Waals surface area contributed by atoms with Crippen LogP contribution in [-0.2, 0) is 6.61 Å². The predicted octanol–water partition coefficient (Wildman–Crippen LogP) is 2.31.